The third-order valence-electron chi connectivity index (χ3n) is 6.57. The highest BCUT2D eigenvalue weighted by molar-refractivity contribution is 7.22. The predicted octanol–water partition coefficient (Wildman–Crippen LogP) is 3.57. The second-order valence-electron chi connectivity index (χ2n) is 9.13. The third-order valence-corrected chi connectivity index (χ3v) is 7.47. The van der Waals surface area contributed by atoms with E-state index in [1.807, 2.05) is 31.2 Å². The topological polar surface area (TPSA) is 113 Å². The molecule has 4 aromatic heterocycles. The van der Waals surface area contributed by atoms with Gasteiger partial charge < -0.3 is 10.2 Å². The van der Waals surface area contributed by atoms with Crippen LogP contribution < -0.4 is 15.5 Å². The Kier molecular flexibility index (Phi) is 5.18. The number of β-lactam (4-membered cyclic amide) rings is 1. The molecular formula is C25H23N7O2S. The number of hydrogen-bond acceptors (Lipinski definition) is 8. The molecule has 2 amide bonds. The van der Waals surface area contributed by atoms with Crippen LogP contribution >= 0.6 is 11.3 Å². The normalized spacial score (nSPS) is 19.5. The van der Waals surface area contributed by atoms with Crippen molar-refractivity contribution >= 4 is 44.3 Å². The number of nitrogens with zero attached hydrogens (tertiary/aromatic N) is 5. The first-order valence-electron chi connectivity index (χ1n) is 11.5. The molecule has 6 rings (SSSR count). The number of pyridine rings is 3. The van der Waals surface area contributed by atoms with E-state index in [4.69, 9.17) is 0 Å². The Morgan fingerprint density at radius 3 is 2.80 bits per heavy atom. The second-order valence-corrected chi connectivity index (χ2v) is 10.2. The van der Waals surface area contributed by atoms with Crippen LogP contribution in [0.4, 0.5) is 10.8 Å². The smallest absolute Gasteiger partial charge is 0.261 e. The average molecular weight is 486 g/mol. The molecule has 176 valence electrons. The monoisotopic (exact) mass is 485 g/mol. The van der Waals surface area contributed by atoms with E-state index in [9.17, 15) is 9.59 Å². The molecule has 4 aromatic rings. The first-order chi connectivity index (χ1) is 17.0. The number of thiazole rings is 1. The SMILES string of the molecule is Cc1cc(N2CCC[C@@]3(CC(=O)N3)C2)c(C(=O)Nc2nc3ncc(-c4ccncc4)cc3s2)cn1. The van der Waals surface area contributed by atoms with Crippen LogP contribution in [0.1, 0.15) is 35.3 Å². The first-order valence-corrected chi connectivity index (χ1v) is 12.3. The van der Waals surface area contributed by atoms with Crippen molar-refractivity contribution in [3.8, 4) is 11.1 Å². The minimum Gasteiger partial charge on any atom is -0.368 e. The maximum Gasteiger partial charge on any atom is 0.261 e. The lowest BCUT2D eigenvalue weighted by molar-refractivity contribution is -0.133. The van der Waals surface area contributed by atoms with E-state index in [0.717, 1.165) is 46.6 Å². The number of nitrogens with one attached hydrogen (secondary N) is 2. The fourth-order valence-corrected chi connectivity index (χ4v) is 5.75. The van der Waals surface area contributed by atoms with E-state index in [0.29, 0.717) is 29.3 Å². The van der Waals surface area contributed by atoms with Gasteiger partial charge in [0, 0.05) is 49.1 Å². The molecule has 0 bridgehead atoms. The summed E-state index contributed by atoms with van der Waals surface area (Å²) in [5, 5.41) is 6.50. The van der Waals surface area contributed by atoms with Gasteiger partial charge in [0.15, 0.2) is 10.8 Å². The van der Waals surface area contributed by atoms with Gasteiger partial charge >= 0.3 is 0 Å². The zero-order chi connectivity index (χ0) is 24.0. The Hall–Kier alpha value is -3.92. The second kappa shape index (κ2) is 8.38. The summed E-state index contributed by atoms with van der Waals surface area (Å²) in [6.45, 7) is 3.42. The molecule has 9 nitrogen and oxygen atoms in total. The molecule has 0 unspecified atom stereocenters. The van der Waals surface area contributed by atoms with E-state index in [1.54, 1.807) is 24.8 Å². The summed E-state index contributed by atoms with van der Waals surface area (Å²) in [6, 6.07) is 7.82. The zero-order valence-electron chi connectivity index (χ0n) is 19.1. The molecule has 35 heavy (non-hydrogen) atoms. The summed E-state index contributed by atoms with van der Waals surface area (Å²) in [5.41, 5.74) is 4.54. The highest BCUT2D eigenvalue weighted by atomic mass is 32.1. The molecule has 2 aliphatic heterocycles. The van der Waals surface area contributed by atoms with Gasteiger partial charge in [0.05, 0.1) is 27.9 Å². The van der Waals surface area contributed by atoms with Crippen molar-refractivity contribution in [1.82, 2.24) is 25.3 Å². The number of fused-ring (bicyclic) bond motifs is 1. The Morgan fingerprint density at radius 2 is 2.00 bits per heavy atom. The van der Waals surface area contributed by atoms with Crippen LogP contribution in [0, 0.1) is 6.92 Å². The summed E-state index contributed by atoms with van der Waals surface area (Å²) >= 11 is 1.38. The van der Waals surface area contributed by atoms with Gasteiger partial charge in [0.2, 0.25) is 5.91 Å². The summed E-state index contributed by atoms with van der Waals surface area (Å²) in [6.07, 6.45) is 9.33. The fraction of sp³-hybridized carbons (Fsp3) is 0.280. The first kappa shape index (κ1) is 21.6. The van der Waals surface area contributed by atoms with Crippen molar-refractivity contribution in [2.75, 3.05) is 23.3 Å². The number of rotatable bonds is 4. The quantitative estimate of drug-likeness (QED) is 0.425. The van der Waals surface area contributed by atoms with Gasteiger partial charge in [0.25, 0.3) is 5.91 Å². The average Bonchev–Trinajstić information content (AvgIpc) is 3.25. The molecule has 1 atom stereocenters. The Balaban J connectivity index is 1.26. The molecule has 2 fully saturated rings. The van der Waals surface area contributed by atoms with Crippen molar-refractivity contribution in [3.05, 3.63) is 60.3 Å². The number of piperidine rings is 1. The largest absolute Gasteiger partial charge is 0.368 e. The zero-order valence-corrected chi connectivity index (χ0v) is 19.9. The van der Waals surface area contributed by atoms with Crippen LogP contribution in [0.5, 0.6) is 0 Å². The molecule has 6 heterocycles. The minimum atomic E-state index is -0.266. The van der Waals surface area contributed by atoms with Gasteiger partial charge in [0.1, 0.15) is 0 Å². The van der Waals surface area contributed by atoms with Gasteiger partial charge in [-0.3, -0.25) is 24.9 Å². The number of carbonyl (C=O) groups excluding carboxylic acids is 2. The number of hydrogen-bond donors (Lipinski definition) is 2. The lowest BCUT2D eigenvalue weighted by Crippen LogP contribution is -2.68. The maximum absolute atomic E-state index is 13.3. The van der Waals surface area contributed by atoms with Crippen molar-refractivity contribution < 1.29 is 9.59 Å². The number of anilines is 2. The van der Waals surface area contributed by atoms with Gasteiger partial charge in [-0.2, -0.15) is 4.98 Å². The summed E-state index contributed by atoms with van der Waals surface area (Å²) < 4.78 is 0.885. The van der Waals surface area contributed by atoms with E-state index in [2.05, 4.69) is 35.5 Å². The predicted molar refractivity (Wildman–Crippen MR) is 135 cm³/mol. The molecule has 2 saturated heterocycles. The highest BCUT2D eigenvalue weighted by Gasteiger charge is 2.46. The van der Waals surface area contributed by atoms with Crippen LogP contribution in [0.3, 0.4) is 0 Å². The third kappa shape index (κ3) is 4.10. The summed E-state index contributed by atoms with van der Waals surface area (Å²) in [4.78, 5) is 44.6. The minimum absolute atomic E-state index is 0.0901. The maximum atomic E-state index is 13.3. The Bertz CT molecular complexity index is 1440. The van der Waals surface area contributed by atoms with E-state index >= 15 is 0 Å². The molecule has 0 aromatic carbocycles. The van der Waals surface area contributed by atoms with Crippen LogP contribution in [-0.4, -0.2) is 50.4 Å². The van der Waals surface area contributed by atoms with E-state index in [1.165, 1.54) is 11.3 Å². The van der Waals surface area contributed by atoms with E-state index in [-0.39, 0.29) is 17.4 Å². The molecule has 1 spiro atoms. The summed E-state index contributed by atoms with van der Waals surface area (Å²) in [5.74, 6) is -0.176. The van der Waals surface area contributed by atoms with Gasteiger partial charge in [-0.25, -0.2) is 4.98 Å². The number of amides is 2. The molecular weight excluding hydrogens is 462 g/mol. The van der Waals surface area contributed by atoms with Crippen LogP contribution in [0.2, 0.25) is 0 Å². The molecule has 10 heteroatoms. The van der Waals surface area contributed by atoms with Crippen molar-refractivity contribution in [2.45, 2.75) is 31.7 Å². The molecule has 2 aliphatic rings. The molecule has 0 aliphatic carbocycles. The number of aryl methyl sites for hydroxylation is 1. The van der Waals surface area contributed by atoms with E-state index < -0.39 is 0 Å². The fourth-order valence-electron chi connectivity index (χ4n) is 4.89. The molecule has 2 N–H and O–H groups in total. The highest BCUT2D eigenvalue weighted by Crippen LogP contribution is 2.35. The van der Waals surface area contributed by atoms with Crippen LogP contribution in [-0.2, 0) is 4.79 Å². The van der Waals surface area contributed by atoms with Crippen LogP contribution in [0.25, 0.3) is 21.5 Å². The lowest BCUT2D eigenvalue weighted by Gasteiger charge is -2.49. The van der Waals surface area contributed by atoms with Crippen molar-refractivity contribution in [1.29, 1.82) is 0 Å². The molecule has 0 radical (unpaired) electrons. The summed E-state index contributed by atoms with van der Waals surface area (Å²) in [7, 11) is 0. The van der Waals surface area contributed by atoms with Crippen molar-refractivity contribution in [3.63, 3.8) is 0 Å². The Labute approximate surface area is 205 Å². The van der Waals surface area contributed by atoms with Gasteiger partial charge in [-0.15, -0.1) is 0 Å². The standard InChI is InChI=1S/C25H23N7O2S/c1-15-9-19(32-8-2-5-25(14-32)11-21(33)31-25)18(13-27-15)23(34)30-24-29-22-20(35-24)10-17(12-28-22)16-3-6-26-7-4-16/h3-4,6-7,9-10,12-13H,2,5,8,11,14H2,1H3,(H,31,33)(H,28,29,30,34)/t25-/m1/s1. The number of carbonyl (C=O) groups is 2. The van der Waals surface area contributed by atoms with Gasteiger partial charge in [-0.1, -0.05) is 11.3 Å². The van der Waals surface area contributed by atoms with Gasteiger partial charge in [-0.05, 0) is 49.6 Å². The van der Waals surface area contributed by atoms with Crippen molar-refractivity contribution in [2.24, 2.45) is 0 Å². The molecule has 0 saturated carbocycles. The van der Waals surface area contributed by atoms with Crippen LogP contribution in [0.15, 0.2) is 49.1 Å². The lowest BCUT2D eigenvalue weighted by atomic mass is 9.79. The Morgan fingerprint density at radius 1 is 1.17 bits per heavy atom. The number of aromatic nitrogens is 4.